The number of aromatic nitrogens is 2. The van der Waals surface area contributed by atoms with Crippen LogP contribution in [0.25, 0.3) is 0 Å². The third-order valence-corrected chi connectivity index (χ3v) is 3.69. The van der Waals surface area contributed by atoms with E-state index in [1.807, 2.05) is 0 Å². The molecule has 0 aliphatic rings. The highest BCUT2D eigenvalue weighted by atomic mass is 35.5. The molecule has 0 bridgehead atoms. The number of nitrogens with zero attached hydrogens (tertiary/aromatic N) is 2. The summed E-state index contributed by atoms with van der Waals surface area (Å²) in [6.07, 6.45) is 2.27. The zero-order valence-corrected chi connectivity index (χ0v) is 10.8. The van der Waals surface area contributed by atoms with E-state index in [-0.39, 0.29) is 15.7 Å². The lowest BCUT2D eigenvalue weighted by Gasteiger charge is -2.06. The van der Waals surface area contributed by atoms with Crippen LogP contribution in [0.1, 0.15) is 0 Å². The van der Waals surface area contributed by atoms with E-state index in [2.05, 4.69) is 14.7 Å². The normalized spacial score (nSPS) is 11.2. The minimum Gasteiger partial charge on any atom is -0.334 e. The molecule has 0 fully saturated rings. The predicted molar refractivity (Wildman–Crippen MR) is 67.5 cm³/mol. The van der Waals surface area contributed by atoms with Crippen molar-refractivity contribution in [3.05, 3.63) is 45.9 Å². The molecule has 0 saturated heterocycles. The second-order valence-electron chi connectivity index (χ2n) is 3.44. The molecule has 2 rings (SSSR count). The van der Waals surface area contributed by atoms with Gasteiger partial charge in [-0.1, -0.05) is 11.6 Å². The first kappa shape index (κ1) is 13.3. The van der Waals surface area contributed by atoms with Gasteiger partial charge in [-0.2, -0.15) is 8.42 Å². The van der Waals surface area contributed by atoms with E-state index in [1.54, 1.807) is 0 Å². The lowest BCUT2D eigenvalue weighted by molar-refractivity contribution is -0.383. The highest BCUT2D eigenvalue weighted by Gasteiger charge is 2.22. The zero-order valence-electron chi connectivity index (χ0n) is 9.20. The van der Waals surface area contributed by atoms with Crippen molar-refractivity contribution in [2.24, 2.45) is 0 Å². The molecule has 1 aromatic heterocycles. The Hall–Kier alpha value is -2.13. The van der Waals surface area contributed by atoms with Crippen LogP contribution in [0.2, 0.25) is 5.02 Å². The number of rotatable bonds is 4. The quantitative estimate of drug-likeness (QED) is 0.659. The molecule has 0 amide bonds. The Labute approximate surface area is 112 Å². The van der Waals surface area contributed by atoms with E-state index in [0.29, 0.717) is 0 Å². The highest BCUT2D eigenvalue weighted by molar-refractivity contribution is 7.92. The topological polar surface area (TPSA) is 118 Å². The molecule has 100 valence electrons. The van der Waals surface area contributed by atoms with E-state index < -0.39 is 20.6 Å². The summed E-state index contributed by atoms with van der Waals surface area (Å²) in [5.74, 6) is 0. The summed E-state index contributed by atoms with van der Waals surface area (Å²) in [5.41, 5.74) is -0.611. The number of nitrogens with one attached hydrogen (secondary N) is 2. The first-order chi connectivity index (χ1) is 8.90. The molecular formula is C9H7ClN4O4S. The second kappa shape index (κ2) is 4.86. The predicted octanol–water partition coefficient (Wildman–Crippen LogP) is 1.77. The van der Waals surface area contributed by atoms with Crippen molar-refractivity contribution in [1.29, 1.82) is 0 Å². The summed E-state index contributed by atoms with van der Waals surface area (Å²) < 4.78 is 25.9. The highest BCUT2D eigenvalue weighted by Crippen LogP contribution is 2.29. The van der Waals surface area contributed by atoms with Gasteiger partial charge in [0, 0.05) is 11.1 Å². The number of sulfonamides is 1. The summed E-state index contributed by atoms with van der Waals surface area (Å²) >= 11 is 5.63. The Morgan fingerprint density at radius 3 is 2.74 bits per heavy atom. The molecule has 0 atom stereocenters. The van der Waals surface area contributed by atoms with Gasteiger partial charge >= 0.3 is 0 Å². The Balaban J connectivity index is 2.42. The Bertz CT molecular complexity index is 714. The van der Waals surface area contributed by atoms with Crippen molar-refractivity contribution in [3.8, 4) is 0 Å². The van der Waals surface area contributed by atoms with Gasteiger partial charge in [-0.05, 0) is 12.1 Å². The van der Waals surface area contributed by atoms with Crippen LogP contribution in [0.3, 0.4) is 0 Å². The van der Waals surface area contributed by atoms with Crippen molar-refractivity contribution in [2.45, 2.75) is 5.03 Å². The van der Waals surface area contributed by atoms with Crippen LogP contribution in [-0.2, 0) is 10.0 Å². The molecule has 19 heavy (non-hydrogen) atoms. The van der Waals surface area contributed by atoms with Crippen LogP contribution in [-0.4, -0.2) is 23.3 Å². The fourth-order valence-electron chi connectivity index (χ4n) is 1.33. The summed E-state index contributed by atoms with van der Waals surface area (Å²) in [7, 11) is -3.95. The SMILES string of the molecule is O=[N+]([O-])c1cc(Cl)ccc1NS(=O)(=O)c1cnc[nH]1. The van der Waals surface area contributed by atoms with E-state index in [4.69, 9.17) is 11.6 Å². The number of nitro groups is 1. The maximum atomic E-state index is 11.9. The fourth-order valence-corrected chi connectivity index (χ4v) is 2.48. The Morgan fingerprint density at radius 1 is 1.42 bits per heavy atom. The Morgan fingerprint density at radius 2 is 2.16 bits per heavy atom. The largest absolute Gasteiger partial charge is 0.334 e. The summed E-state index contributed by atoms with van der Waals surface area (Å²) in [6.45, 7) is 0. The number of halogens is 1. The third-order valence-electron chi connectivity index (χ3n) is 2.16. The molecule has 1 aromatic carbocycles. The number of H-pyrrole nitrogens is 1. The molecule has 8 nitrogen and oxygen atoms in total. The number of benzene rings is 1. The first-order valence-electron chi connectivity index (χ1n) is 4.85. The minimum absolute atomic E-state index is 0.135. The van der Waals surface area contributed by atoms with Crippen molar-refractivity contribution >= 4 is 33.0 Å². The number of hydrogen-bond donors (Lipinski definition) is 2. The van der Waals surface area contributed by atoms with Gasteiger partial charge in [-0.3, -0.25) is 14.8 Å². The van der Waals surface area contributed by atoms with E-state index in [9.17, 15) is 18.5 Å². The van der Waals surface area contributed by atoms with E-state index in [1.165, 1.54) is 18.5 Å². The van der Waals surface area contributed by atoms with Gasteiger partial charge in [-0.15, -0.1) is 0 Å². The van der Waals surface area contributed by atoms with Gasteiger partial charge in [0.25, 0.3) is 15.7 Å². The van der Waals surface area contributed by atoms with Crippen molar-refractivity contribution < 1.29 is 13.3 Å². The van der Waals surface area contributed by atoms with Crippen molar-refractivity contribution in [2.75, 3.05) is 4.72 Å². The lowest BCUT2D eigenvalue weighted by Crippen LogP contribution is -2.14. The van der Waals surface area contributed by atoms with Gasteiger partial charge in [0.2, 0.25) is 0 Å². The van der Waals surface area contributed by atoms with Gasteiger partial charge in [0.15, 0.2) is 5.03 Å². The molecular weight excluding hydrogens is 296 g/mol. The van der Waals surface area contributed by atoms with Gasteiger partial charge in [-0.25, -0.2) is 4.98 Å². The van der Waals surface area contributed by atoms with Gasteiger partial charge in [0.05, 0.1) is 17.4 Å². The summed E-state index contributed by atoms with van der Waals surface area (Å²) in [5, 5.41) is 10.8. The molecule has 0 unspecified atom stereocenters. The molecule has 0 aliphatic carbocycles. The standard InChI is InChI=1S/C9H7ClN4O4S/c10-6-1-2-7(8(3-6)14(15)16)13-19(17,18)9-4-11-5-12-9/h1-5,13H,(H,11,12). The number of nitro benzene ring substituents is 1. The van der Waals surface area contributed by atoms with Crippen LogP contribution < -0.4 is 4.72 Å². The minimum atomic E-state index is -3.95. The molecule has 10 heteroatoms. The Kier molecular flexibility index (Phi) is 3.40. The van der Waals surface area contributed by atoms with Gasteiger partial charge < -0.3 is 4.98 Å². The van der Waals surface area contributed by atoms with Crippen molar-refractivity contribution in [3.63, 3.8) is 0 Å². The lowest BCUT2D eigenvalue weighted by atomic mass is 10.3. The smallest absolute Gasteiger partial charge is 0.294 e. The van der Waals surface area contributed by atoms with E-state index in [0.717, 1.165) is 12.3 Å². The monoisotopic (exact) mass is 302 g/mol. The van der Waals surface area contributed by atoms with Crippen LogP contribution in [0.5, 0.6) is 0 Å². The number of hydrogen-bond acceptors (Lipinski definition) is 5. The maximum Gasteiger partial charge on any atom is 0.294 e. The van der Waals surface area contributed by atoms with Crippen LogP contribution in [0.4, 0.5) is 11.4 Å². The molecule has 2 N–H and O–H groups in total. The van der Waals surface area contributed by atoms with Crippen LogP contribution >= 0.6 is 11.6 Å². The summed E-state index contributed by atoms with van der Waals surface area (Å²) in [4.78, 5) is 16.1. The molecule has 0 spiro atoms. The fraction of sp³-hybridized carbons (Fsp3) is 0. The average Bonchev–Trinajstić information content (AvgIpc) is 2.85. The van der Waals surface area contributed by atoms with Crippen molar-refractivity contribution in [1.82, 2.24) is 9.97 Å². The molecule has 0 saturated carbocycles. The number of anilines is 1. The van der Waals surface area contributed by atoms with Crippen LogP contribution in [0.15, 0.2) is 35.7 Å². The third kappa shape index (κ3) is 2.83. The van der Waals surface area contributed by atoms with E-state index >= 15 is 0 Å². The molecule has 2 aromatic rings. The van der Waals surface area contributed by atoms with Crippen LogP contribution in [0, 0.1) is 10.1 Å². The second-order valence-corrected chi connectivity index (χ2v) is 5.53. The number of imidazole rings is 1. The molecule has 0 aliphatic heterocycles. The molecule has 1 heterocycles. The summed E-state index contributed by atoms with van der Waals surface area (Å²) in [6, 6.07) is 3.63. The molecule has 0 radical (unpaired) electrons. The number of aromatic amines is 1. The average molecular weight is 303 g/mol. The zero-order chi connectivity index (χ0) is 14.0. The first-order valence-corrected chi connectivity index (χ1v) is 6.71. The van der Waals surface area contributed by atoms with Gasteiger partial charge in [0.1, 0.15) is 5.69 Å². The maximum absolute atomic E-state index is 11.9.